The molecule has 0 spiro atoms. The molecule has 9 aromatic rings. The molecule has 11 rings (SSSR count). The number of furan rings is 1. The van der Waals surface area contributed by atoms with Crippen LogP contribution in [0.5, 0.6) is 0 Å². The van der Waals surface area contributed by atoms with E-state index >= 15 is 0 Å². The smallest absolute Gasteiger partial charge is 0.137 e. The van der Waals surface area contributed by atoms with Gasteiger partial charge in [0.1, 0.15) is 11.2 Å². The van der Waals surface area contributed by atoms with Crippen molar-refractivity contribution in [3.63, 3.8) is 0 Å². The third-order valence-corrected chi connectivity index (χ3v) is 11.0. The van der Waals surface area contributed by atoms with Crippen molar-refractivity contribution >= 4 is 55.0 Å². The number of rotatable bonds is 5. The monoisotopic (exact) mass is 690 g/mol. The topological polar surface area (TPSA) is 30.1 Å². The van der Waals surface area contributed by atoms with Crippen LogP contribution in [-0.2, 0) is 0 Å². The van der Waals surface area contributed by atoms with Gasteiger partial charge in [0.25, 0.3) is 0 Å². The molecule has 2 aliphatic rings. The van der Waals surface area contributed by atoms with Gasteiger partial charge < -0.3 is 14.3 Å². The Labute approximate surface area is 313 Å². The molecule has 0 fully saturated rings. The van der Waals surface area contributed by atoms with Gasteiger partial charge >= 0.3 is 0 Å². The van der Waals surface area contributed by atoms with Crippen LogP contribution in [0, 0.1) is 0 Å². The summed E-state index contributed by atoms with van der Waals surface area (Å²) in [5.74, 6) is 0. The van der Waals surface area contributed by atoms with E-state index in [9.17, 15) is 0 Å². The molecule has 2 aromatic heterocycles. The van der Waals surface area contributed by atoms with E-state index in [2.05, 4.69) is 204 Å². The zero-order valence-electron chi connectivity index (χ0n) is 29.4. The van der Waals surface area contributed by atoms with Crippen LogP contribution < -0.4 is 5.32 Å². The van der Waals surface area contributed by atoms with Gasteiger partial charge in [0.05, 0.1) is 17.1 Å². The maximum absolute atomic E-state index is 6.75. The quantitative estimate of drug-likeness (QED) is 0.195. The van der Waals surface area contributed by atoms with Crippen LogP contribution in [0.15, 0.2) is 204 Å². The Morgan fingerprint density at radius 3 is 1.80 bits per heavy atom. The molecular weight excluding hydrogens is 657 g/mol. The van der Waals surface area contributed by atoms with Crippen LogP contribution in [-0.4, -0.2) is 10.6 Å². The molecule has 254 valence electrons. The standard InChI is InChI=1S/C51H34N2O/c1-4-13-33(14-5-1)36-23-26-40-41-27-24-37(34-15-6-2-7-16-34)30-48(41)53(47(40)29-36)38-25-28-43-50(31-38)54-49-22-12-20-42(51(43)49)46-32-44(35-17-8-3-9-18-35)39-19-10-11-21-45(39)52-46/h1-32,45,52H. The Kier molecular flexibility index (Phi) is 6.93. The molecule has 3 heteroatoms. The third-order valence-electron chi connectivity index (χ3n) is 11.0. The molecule has 54 heavy (non-hydrogen) atoms. The van der Waals surface area contributed by atoms with Crippen molar-refractivity contribution in [1.82, 2.24) is 9.88 Å². The molecule has 0 radical (unpaired) electrons. The van der Waals surface area contributed by atoms with Crippen molar-refractivity contribution in [2.45, 2.75) is 6.04 Å². The van der Waals surface area contributed by atoms with Gasteiger partial charge in [-0.2, -0.15) is 0 Å². The summed E-state index contributed by atoms with van der Waals surface area (Å²) in [6, 6.07) is 58.8. The largest absolute Gasteiger partial charge is 0.456 e. The summed E-state index contributed by atoms with van der Waals surface area (Å²) < 4.78 is 9.15. The molecule has 7 aromatic carbocycles. The summed E-state index contributed by atoms with van der Waals surface area (Å²) in [6.45, 7) is 0. The molecule has 1 unspecified atom stereocenters. The number of hydrogen-bond acceptors (Lipinski definition) is 2. The normalized spacial score (nSPS) is 15.3. The number of dihydropyridines is 1. The first-order valence-electron chi connectivity index (χ1n) is 18.5. The highest BCUT2D eigenvalue weighted by Crippen LogP contribution is 2.41. The lowest BCUT2D eigenvalue weighted by molar-refractivity contribution is 0.668. The van der Waals surface area contributed by atoms with Gasteiger partial charge in [-0.3, -0.25) is 0 Å². The lowest BCUT2D eigenvalue weighted by Gasteiger charge is -2.29. The van der Waals surface area contributed by atoms with Gasteiger partial charge in [-0.15, -0.1) is 0 Å². The predicted molar refractivity (Wildman–Crippen MR) is 225 cm³/mol. The summed E-state index contributed by atoms with van der Waals surface area (Å²) in [7, 11) is 0. The van der Waals surface area contributed by atoms with Gasteiger partial charge in [0, 0.05) is 44.6 Å². The van der Waals surface area contributed by atoms with Crippen LogP contribution >= 0.6 is 0 Å². The van der Waals surface area contributed by atoms with Gasteiger partial charge in [-0.1, -0.05) is 152 Å². The SMILES string of the molecule is C1=CC2=C(c3ccccc3)C=C(c3cccc4oc5cc(-n6c7cc(-c8ccccc8)ccc7c7ccc(-c8ccccc8)cc76)ccc5c34)NC2C=C1. The van der Waals surface area contributed by atoms with Gasteiger partial charge in [-0.25, -0.2) is 0 Å². The molecule has 1 N–H and O–H groups in total. The van der Waals surface area contributed by atoms with E-state index in [1.165, 1.54) is 49.7 Å². The molecule has 1 aliphatic heterocycles. The number of hydrogen-bond donors (Lipinski definition) is 1. The average Bonchev–Trinajstić information content (AvgIpc) is 3.78. The summed E-state index contributed by atoms with van der Waals surface area (Å²) in [5.41, 5.74) is 15.8. The van der Waals surface area contributed by atoms with Crippen molar-refractivity contribution in [3.8, 4) is 27.9 Å². The molecule has 3 heterocycles. The number of fused-ring (bicyclic) bond motifs is 7. The number of aromatic nitrogens is 1. The number of benzene rings is 7. The highest BCUT2D eigenvalue weighted by molar-refractivity contribution is 6.13. The van der Waals surface area contributed by atoms with E-state index in [0.717, 1.165) is 49.9 Å². The van der Waals surface area contributed by atoms with Crippen LogP contribution in [0.25, 0.3) is 83.0 Å². The predicted octanol–water partition coefficient (Wildman–Crippen LogP) is 12.9. The fourth-order valence-corrected chi connectivity index (χ4v) is 8.48. The van der Waals surface area contributed by atoms with E-state index in [1.807, 2.05) is 0 Å². The van der Waals surface area contributed by atoms with Crippen molar-refractivity contribution < 1.29 is 4.42 Å². The lowest BCUT2D eigenvalue weighted by atomic mass is 9.87. The minimum atomic E-state index is 0.0853. The van der Waals surface area contributed by atoms with Crippen molar-refractivity contribution in [2.24, 2.45) is 0 Å². The van der Waals surface area contributed by atoms with E-state index in [1.54, 1.807) is 0 Å². The minimum Gasteiger partial charge on any atom is -0.456 e. The maximum atomic E-state index is 6.75. The fraction of sp³-hybridized carbons (Fsp3) is 0.0196. The number of nitrogens with one attached hydrogen (secondary N) is 1. The Hall–Kier alpha value is -7.10. The Morgan fingerprint density at radius 1 is 0.500 bits per heavy atom. The number of allylic oxidation sites excluding steroid dienone is 4. The van der Waals surface area contributed by atoms with E-state index in [-0.39, 0.29) is 6.04 Å². The van der Waals surface area contributed by atoms with Crippen LogP contribution in [0.2, 0.25) is 0 Å². The van der Waals surface area contributed by atoms with E-state index < -0.39 is 0 Å². The average molecular weight is 691 g/mol. The zero-order valence-corrected chi connectivity index (χ0v) is 29.4. The summed E-state index contributed by atoms with van der Waals surface area (Å²) in [5, 5.41) is 8.50. The Balaban J connectivity index is 1.11. The summed E-state index contributed by atoms with van der Waals surface area (Å²) in [4.78, 5) is 0. The van der Waals surface area contributed by atoms with Crippen molar-refractivity contribution in [3.05, 3.63) is 211 Å². The second-order valence-electron chi connectivity index (χ2n) is 14.2. The minimum absolute atomic E-state index is 0.0853. The molecule has 1 aliphatic carbocycles. The maximum Gasteiger partial charge on any atom is 0.137 e. The zero-order chi connectivity index (χ0) is 35.6. The van der Waals surface area contributed by atoms with Crippen LogP contribution in [0.4, 0.5) is 0 Å². The first-order chi connectivity index (χ1) is 26.8. The Morgan fingerprint density at radius 2 is 1.13 bits per heavy atom. The van der Waals surface area contributed by atoms with E-state index in [4.69, 9.17) is 4.42 Å². The highest BCUT2D eigenvalue weighted by Gasteiger charge is 2.25. The van der Waals surface area contributed by atoms with Gasteiger partial charge in [0.2, 0.25) is 0 Å². The molecule has 0 saturated carbocycles. The molecule has 0 bridgehead atoms. The first-order valence-corrected chi connectivity index (χ1v) is 18.5. The van der Waals surface area contributed by atoms with Gasteiger partial charge in [-0.05, 0) is 75.4 Å². The highest BCUT2D eigenvalue weighted by atomic mass is 16.3. The van der Waals surface area contributed by atoms with Crippen molar-refractivity contribution in [1.29, 1.82) is 0 Å². The van der Waals surface area contributed by atoms with Crippen LogP contribution in [0.3, 0.4) is 0 Å². The van der Waals surface area contributed by atoms with Crippen LogP contribution in [0.1, 0.15) is 11.1 Å². The molecular formula is C51H34N2O. The molecule has 3 nitrogen and oxygen atoms in total. The molecule has 1 atom stereocenters. The summed E-state index contributed by atoms with van der Waals surface area (Å²) >= 11 is 0. The Bertz CT molecular complexity index is 2950. The second kappa shape index (κ2) is 12.3. The second-order valence-corrected chi connectivity index (χ2v) is 14.2. The fourth-order valence-electron chi connectivity index (χ4n) is 8.48. The summed E-state index contributed by atoms with van der Waals surface area (Å²) in [6.07, 6.45) is 11.0. The number of nitrogens with zero attached hydrogens (tertiary/aromatic N) is 1. The van der Waals surface area contributed by atoms with Gasteiger partial charge in [0.15, 0.2) is 0 Å². The lowest BCUT2D eigenvalue weighted by Crippen LogP contribution is -2.31. The first kappa shape index (κ1) is 30.5. The third kappa shape index (κ3) is 4.90. The van der Waals surface area contributed by atoms with Crippen molar-refractivity contribution in [2.75, 3.05) is 0 Å². The van der Waals surface area contributed by atoms with E-state index in [0.29, 0.717) is 0 Å². The molecule has 0 amide bonds. The molecule has 0 saturated heterocycles.